The average molecular weight is 282 g/mol. The minimum atomic E-state index is -1.17. The first-order chi connectivity index (χ1) is 9.40. The van der Waals surface area contributed by atoms with Crippen LogP contribution in [0.25, 0.3) is 0 Å². The summed E-state index contributed by atoms with van der Waals surface area (Å²) in [5.74, 6) is -1.63. The molecule has 1 aromatic rings. The van der Waals surface area contributed by atoms with Crippen molar-refractivity contribution in [1.82, 2.24) is 4.90 Å². The van der Waals surface area contributed by atoms with Crippen LogP contribution in [0.2, 0.25) is 0 Å². The Hall–Kier alpha value is -2.15. The summed E-state index contributed by atoms with van der Waals surface area (Å²) in [6, 6.07) is 2.51. The van der Waals surface area contributed by atoms with E-state index >= 15 is 0 Å². The maximum Gasteiger partial charge on any atom is 0.326 e. The third-order valence-corrected chi connectivity index (χ3v) is 3.33. The van der Waals surface area contributed by atoms with Gasteiger partial charge in [0.05, 0.1) is 6.10 Å². The Bertz CT molecular complexity index is 549. The van der Waals surface area contributed by atoms with Gasteiger partial charge in [0.2, 0.25) is 0 Å². The summed E-state index contributed by atoms with van der Waals surface area (Å²) in [5.41, 5.74) is 0.549. The number of aliphatic hydroxyl groups excluding tert-OH is 1. The van der Waals surface area contributed by atoms with E-state index < -0.39 is 30.0 Å². The molecule has 0 spiro atoms. The fourth-order valence-electron chi connectivity index (χ4n) is 2.20. The van der Waals surface area contributed by atoms with Crippen LogP contribution in [-0.2, 0) is 4.79 Å². The van der Waals surface area contributed by atoms with Crippen LogP contribution < -0.4 is 5.32 Å². The lowest BCUT2D eigenvalue weighted by molar-refractivity contribution is -0.141. The van der Waals surface area contributed by atoms with E-state index in [0.717, 1.165) is 4.90 Å². The van der Waals surface area contributed by atoms with Gasteiger partial charge in [-0.3, -0.25) is 0 Å². The van der Waals surface area contributed by atoms with E-state index in [1.54, 1.807) is 0 Å². The van der Waals surface area contributed by atoms with Crippen LogP contribution in [0.4, 0.5) is 14.9 Å². The third kappa shape index (κ3) is 2.72. The maximum atomic E-state index is 13.4. The van der Waals surface area contributed by atoms with Crippen LogP contribution in [0.1, 0.15) is 12.0 Å². The summed E-state index contributed by atoms with van der Waals surface area (Å²) in [6.45, 7) is 1.45. The molecule has 1 unspecified atom stereocenters. The molecule has 1 saturated heterocycles. The number of halogens is 1. The molecule has 2 atom stereocenters. The van der Waals surface area contributed by atoms with Gasteiger partial charge >= 0.3 is 12.0 Å². The predicted octanol–water partition coefficient (Wildman–Crippen LogP) is 1.19. The number of carbonyl (C=O) groups excluding carboxylic acids is 1. The Kier molecular flexibility index (Phi) is 3.89. The normalized spacial score (nSPS) is 21.9. The largest absolute Gasteiger partial charge is 0.480 e. The van der Waals surface area contributed by atoms with Crippen LogP contribution in [0.15, 0.2) is 18.2 Å². The topological polar surface area (TPSA) is 89.9 Å². The Labute approximate surface area is 114 Å². The predicted molar refractivity (Wildman–Crippen MR) is 68.9 cm³/mol. The number of β-amino-alcohol motifs (C(OH)–C–C–N with tert-alkyl or cyclic N) is 1. The summed E-state index contributed by atoms with van der Waals surface area (Å²) in [6.07, 6.45) is -0.874. The second-order valence-corrected chi connectivity index (χ2v) is 4.74. The molecule has 2 rings (SSSR count). The highest BCUT2D eigenvalue weighted by atomic mass is 19.1. The smallest absolute Gasteiger partial charge is 0.326 e. The van der Waals surface area contributed by atoms with E-state index in [-0.39, 0.29) is 24.2 Å². The van der Waals surface area contributed by atoms with Crippen LogP contribution in [-0.4, -0.2) is 45.8 Å². The maximum absolute atomic E-state index is 13.4. The van der Waals surface area contributed by atoms with E-state index in [2.05, 4.69) is 5.32 Å². The molecule has 20 heavy (non-hydrogen) atoms. The molecule has 0 aliphatic carbocycles. The molecule has 1 aliphatic rings. The third-order valence-electron chi connectivity index (χ3n) is 3.33. The molecular formula is C13H15FN2O4. The van der Waals surface area contributed by atoms with Gasteiger partial charge in [0, 0.05) is 24.2 Å². The number of carbonyl (C=O) groups is 2. The van der Waals surface area contributed by atoms with Crippen molar-refractivity contribution in [2.75, 3.05) is 11.9 Å². The molecule has 2 amide bonds. The SMILES string of the molecule is Cc1c(F)cccc1NC(=O)N1CC(O)C[C@H]1C(=O)O. The molecule has 0 aromatic heterocycles. The van der Waals surface area contributed by atoms with Crippen molar-refractivity contribution in [1.29, 1.82) is 0 Å². The molecule has 1 aromatic carbocycles. The Balaban J connectivity index is 2.15. The van der Waals surface area contributed by atoms with E-state index in [4.69, 9.17) is 5.11 Å². The Morgan fingerprint density at radius 2 is 2.15 bits per heavy atom. The van der Waals surface area contributed by atoms with Crippen molar-refractivity contribution < 1.29 is 24.2 Å². The highest BCUT2D eigenvalue weighted by Crippen LogP contribution is 2.22. The number of rotatable bonds is 2. The standard InChI is InChI=1S/C13H15FN2O4/c1-7-9(14)3-2-4-10(7)15-13(20)16-6-8(17)5-11(16)12(18)19/h2-4,8,11,17H,5-6H2,1H3,(H,15,20)(H,18,19)/t8?,11-/m0/s1. The van der Waals surface area contributed by atoms with E-state index in [1.165, 1.54) is 25.1 Å². The summed E-state index contributed by atoms with van der Waals surface area (Å²) in [4.78, 5) is 24.1. The quantitative estimate of drug-likeness (QED) is 0.760. The first-order valence-corrected chi connectivity index (χ1v) is 6.13. The highest BCUT2D eigenvalue weighted by molar-refractivity contribution is 5.93. The number of aliphatic hydroxyl groups is 1. The number of amides is 2. The van der Waals surface area contributed by atoms with Gasteiger partial charge in [-0.15, -0.1) is 0 Å². The lowest BCUT2D eigenvalue weighted by atomic mass is 10.2. The van der Waals surface area contributed by atoms with Gasteiger partial charge in [0.25, 0.3) is 0 Å². The molecule has 0 radical (unpaired) electrons. The second-order valence-electron chi connectivity index (χ2n) is 4.74. The number of aliphatic carboxylic acids is 1. The zero-order valence-electron chi connectivity index (χ0n) is 10.8. The number of hydrogen-bond acceptors (Lipinski definition) is 3. The first kappa shape index (κ1) is 14.3. The number of carboxylic acids is 1. The zero-order valence-corrected chi connectivity index (χ0v) is 10.8. The summed E-state index contributed by atoms with van der Waals surface area (Å²) in [5, 5.41) is 21.0. The Morgan fingerprint density at radius 3 is 2.80 bits per heavy atom. The van der Waals surface area contributed by atoms with Crippen molar-refractivity contribution in [3.05, 3.63) is 29.6 Å². The first-order valence-electron chi connectivity index (χ1n) is 6.13. The molecule has 6 nitrogen and oxygen atoms in total. The van der Waals surface area contributed by atoms with Crippen molar-refractivity contribution in [2.45, 2.75) is 25.5 Å². The summed E-state index contributed by atoms with van der Waals surface area (Å²) >= 11 is 0. The number of anilines is 1. The van der Waals surface area contributed by atoms with Crippen LogP contribution >= 0.6 is 0 Å². The molecule has 0 saturated carbocycles. The van der Waals surface area contributed by atoms with E-state index in [0.29, 0.717) is 0 Å². The molecule has 3 N–H and O–H groups in total. The van der Waals surface area contributed by atoms with Crippen molar-refractivity contribution in [3.63, 3.8) is 0 Å². The molecule has 1 heterocycles. The van der Waals surface area contributed by atoms with Gasteiger partial charge in [-0.2, -0.15) is 0 Å². The van der Waals surface area contributed by atoms with Gasteiger partial charge in [0.15, 0.2) is 0 Å². The lowest BCUT2D eigenvalue weighted by Crippen LogP contribution is -2.43. The van der Waals surface area contributed by atoms with Crippen LogP contribution in [0.3, 0.4) is 0 Å². The molecule has 1 fully saturated rings. The minimum Gasteiger partial charge on any atom is -0.480 e. The summed E-state index contributed by atoms with van der Waals surface area (Å²) in [7, 11) is 0. The molecule has 1 aliphatic heterocycles. The van der Waals surface area contributed by atoms with E-state index in [1.807, 2.05) is 0 Å². The van der Waals surface area contributed by atoms with Crippen LogP contribution in [0, 0.1) is 12.7 Å². The number of hydrogen-bond donors (Lipinski definition) is 3. The van der Waals surface area contributed by atoms with Crippen LogP contribution in [0.5, 0.6) is 0 Å². The minimum absolute atomic E-state index is 0.00904. The second kappa shape index (κ2) is 5.46. The highest BCUT2D eigenvalue weighted by Gasteiger charge is 2.39. The number of likely N-dealkylation sites (tertiary alicyclic amines) is 1. The van der Waals surface area contributed by atoms with Gasteiger partial charge in [-0.05, 0) is 19.1 Å². The fraction of sp³-hybridized carbons (Fsp3) is 0.385. The lowest BCUT2D eigenvalue weighted by Gasteiger charge is -2.22. The average Bonchev–Trinajstić information content (AvgIpc) is 2.77. The van der Waals surface area contributed by atoms with Gasteiger partial charge in [-0.25, -0.2) is 14.0 Å². The van der Waals surface area contributed by atoms with Crippen molar-refractivity contribution >= 4 is 17.7 Å². The number of benzene rings is 1. The molecular weight excluding hydrogens is 267 g/mol. The molecule has 7 heteroatoms. The van der Waals surface area contributed by atoms with E-state index in [9.17, 15) is 19.1 Å². The summed E-state index contributed by atoms with van der Waals surface area (Å²) < 4.78 is 13.4. The van der Waals surface area contributed by atoms with Gasteiger partial charge < -0.3 is 20.4 Å². The van der Waals surface area contributed by atoms with Crippen molar-refractivity contribution in [2.24, 2.45) is 0 Å². The molecule has 108 valence electrons. The monoisotopic (exact) mass is 282 g/mol. The number of nitrogens with zero attached hydrogens (tertiary/aromatic N) is 1. The molecule has 0 bridgehead atoms. The number of nitrogens with one attached hydrogen (secondary N) is 1. The van der Waals surface area contributed by atoms with Crippen molar-refractivity contribution in [3.8, 4) is 0 Å². The fourth-order valence-corrected chi connectivity index (χ4v) is 2.20. The zero-order chi connectivity index (χ0) is 14.9. The number of carboxylic acid groups (broad SMARTS) is 1. The van der Waals surface area contributed by atoms with Gasteiger partial charge in [0.1, 0.15) is 11.9 Å². The Morgan fingerprint density at radius 1 is 1.45 bits per heavy atom. The number of urea groups is 1. The van der Waals surface area contributed by atoms with Gasteiger partial charge in [-0.1, -0.05) is 6.07 Å².